The molecule has 0 amide bonds. The first-order valence-electron chi connectivity index (χ1n) is 7.13. The minimum Gasteiger partial charge on any atom is -0.357 e. The summed E-state index contributed by atoms with van der Waals surface area (Å²) in [6.07, 6.45) is 1.68. The second-order valence-electron chi connectivity index (χ2n) is 4.83. The molecule has 0 radical (unpaired) electrons. The molecule has 120 valence electrons. The van der Waals surface area contributed by atoms with E-state index in [1.807, 2.05) is 36.7 Å². The third-order valence-electron chi connectivity index (χ3n) is 3.18. The van der Waals surface area contributed by atoms with Crippen molar-refractivity contribution in [3.63, 3.8) is 0 Å². The SMILES string of the molecule is CCNC(=NCc1nncn1C)NC(C)c1ccccc1.I. The molecule has 0 saturated heterocycles. The summed E-state index contributed by atoms with van der Waals surface area (Å²) in [6.45, 7) is 5.47. The van der Waals surface area contributed by atoms with Gasteiger partial charge in [-0.3, -0.25) is 0 Å². The van der Waals surface area contributed by atoms with Gasteiger partial charge in [0.05, 0.1) is 6.04 Å². The highest BCUT2D eigenvalue weighted by atomic mass is 127. The number of halogens is 1. The molecule has 7 heteroatoms. The fourth-order valence-electron chi connectivity index (χ4n) is 1.95. The number of aromatic nitrogens is 3. The van der Waals surface area contributed by atoms with E-state index in [0.717, 1.165) is 18.3 Å². The Bertz CT molecular complexity index is 581. The molecular weight excluding hydrogens is 391 g/mol. The van der Waals surface area contributed by atoms with Gasteiger partial charge in [-0.05, 0) is 19.4 Å². The number of guanidine groups is 1. The van der Waals surface area contributed by atoms with Gasteiger partial charge in [-0.2, -0.15) is 0 Å². The lowest BCUT2D eigenvalue weighted by atomic mass is 10.1. The zero-order valence-electron chi connectivity index (χ0n) is 13.2. The average molecular weight is 414 g/mol. The van der Waals surface area contributed by atoms with Gasteiger partial charge in [0, 0.05) is 13.6 Å². The van der Waals surface area contributed by atoms with Crippen molar-refractivity contribution < 1.29 is 0 Å². The average Bonchev–Trinajstić information content (AvgIpc) is 2.91. The number of hydrogen-bond donors (Lipinski definition) is 2. The van der Waals surface area contributed by atoms with Gasteiger partial charge in [0.15, 0.2) is 11.8 Å². The number of benzene rings is 1. The summed E-state index contributed by atoms with van der Waals surface area (Å²) in [4.78, 5) is 4.55. The van der Waals surface area contributed by atoms with Crippen molar-refractivity contribution in [1.82, 2.24) is 25.4 Å². The minimum atomic E-state index is 0. The predicted molar refractivity (Wildman–Crippen MR) is 99.2 cm³/mol. The van der Waals surface area contributed by atoms with Crippen LogP contribution >= 0.6 is 24.0 Å². The number of hydrogen-bond acceptors (Lipinski definition) is 3. The maximum Gasteiger partial charge on any atom is 0.192 e. The summed E-state index contributed by atoms with van der Waals surface area (Å²) in [5.41, 5.74) is 1.22. The van der Waals surface area contributed by atoms with E-state index >= 15 is 0 Å². The molecule has 0 spiro atoms. The Morgan fingerprint density at radius 1 is 1.32 bits per heavy atom. The van der Waals surface area contributed by atoms with Crippen LogP contribution in [0.2, 0.25) is 0 Å². The number of nitrogens with one attached hydrogen (secondary N) is 2. The molecule has 0 aliphatic rings. The van der Waals surface area contributed by atoms with Crippen LogP contribution in [-0.2, 0) is 13.6 Å². The zero-order chi connectivity index (χ0) is 15.1. The summed E-state index contributed by atoms with van der Waals surface area (Å²) in [6, 6.07) is 10.5. The van der Waals surface area contributed by atoms with Crippen molar-refractivity contribution in [2.24, 2.45) is 12.0 Å². The normalized spacial score (nSPS) is 12.4. The van der Waals surface area contributed by atoms with E-state index in [2.05, 4.69) is 44.9 Å². The highest BCUT2D eigenvalue weighted by Crippen LogP contribution is 2.10. The van der Waals surface area contributed by atoms with Crippen LogP contribution in [0.15, 0.2) is 41.7 Å². The molecule has 0 bridgehead atoms. The maximum atomic E-state index is 4.55. The maximum absolute atomic E-state index is 4.55. The van der Waals surface area contributed by atoms with Gasteiger partial charge in [0.1, 0.15) is 12.9 Å². The van der Waals surface area contributed by atoms with Gasteiger partial charge in [-0.25, -0.2) is 4.99 Å². The molecule has 2 aromatic rings. The summed E-state index contributed by atoms with van der Waals surface area (Å²) in [5, 5.41) is 14.5. The van der Waals surface area contributed by atoms with Crippen LogP contribution in [0.4, 0.5) is 0 Å². The van der Waals surface area contributed by atoms with Crippen LogP contribution in [-0.4, -0.2) is 27.3 Å². The number of aryl methyl sites for hydroxylation is 1. The van der Waals surface area contributed by atoms with E-state index in [0.29, 0.717) is 6.54 Å². The minimum absolute atomic E-state index is 0. The molecule has 0 aliphatic heterocycles. The van der Waals surface area contributed by atoms with E-state index < -0.39 is 0 Å². The molecule has 1 aromatic carbocycles. The molecular formula is C15H23IN6. The van der Waals surface area contributed by atoms with Gasteiger partial charge in [-0.1, -0.05) is 30.3 Å². The lowest BCUT2D eigenvalue weighted by molar-refractivity contribution is 0.682. The van der Waals surface area contributed by atoms with Crippen molar-refractivity contribution >= 4 is 29.9 Å². The first-order valence-corrected chi connectivity index (χ1v) is 7.13. The third-order valence-corrected chi connectivity index (χ3v) is 3.18. The quantitative estimate of drug-likeness (QED) is 0.448. The van der Waals surface area contributed by atoms with Crippen LogP contribution in [0.3, 0.4) is 0 Å². The van der Waals surface area contributed by atoms with E-state index in [4.69, 9.17) is 0 Å². The molecule has 2 N–H and O–H groups in total. The Labute approximate surface area is 148 Å². The second kappa shape index (κ2) is 9.39. The molecule has 6 nitrogen and oxygen atoms in total. The van der Waals surface area contributed by atoms with Crippen LogP contribution in [0.1, 0.15) is 31.3 Å². The Morgan fingerprint density at radius 3 is 2.64 bits per heavy atom. The number of aliphatic imine (C=N–C) groups is 1. The van der Waals surface area contributed by atoms with Gasteiger partial charge in [0.25, 0.3) is 0 Å². The predicted octanol–water partition coefficient (Wildman–Crippen LogP) is 2.25. The summed E-state index contributed by atoms with van der Waals surface area (Å²) < 4.78 is 1.87. The van der Waals surface area contributed by atoms with E-state index in [-0.39, 0.29) is 30.0 Å². The fourth-order valence-corrected chi connectivity index (χ4v) is 1.95. The molecule has 0 saturated carbocycles. The van der Waals surface area contributed by atoms with Crippen molar-refractivity contribution in [2.45, 2.75) is 26.4 Å². The van der Waals surface area contributed by atoms with E-state index in [1.54, 1.807) is 6.33 Å². The molecule has 1 heterocycles. The van der Waals surface area contributed by atoms with Crippen molar-refractivity contribution in [2.75, 3.05) is 6.54 Å². The van der Waals surface area contributed by atoms with Crippen LogP contribution in [0, 0.1) is 0 Å². The van der Waals surface area contributed by atoms with Crippen molar-refractivity contribution in [1.29, 1.82) is 0 Å². The van der Waals surface area contributed by atoms with Gasteiger partial charge >= 0.3 is 0 Å². The van der Waals surface area contributed by atoms with Gasteiger partial charge in [-0.15, -0.1) is 34.2 Å². The number of nitrogens with zero attached hydrogens (tertiary/aromatic N) is 4. The first-order chi connectivity index (χ1) is 10.2. The standard InChI is InChI=1S/C15H22N6.HI/c1-4-16-15(17-10-14-20-18-11-21(14)3)19-12(2)13-8-6-5-7-9-13;/h5-9,11-12H,4,10H2,1-3H3,(H2,16,17,19);1H. The Morgan fingerprint density at radius 2 is 2.05 bits per heavy atom. The number of rotatable bonds is 5. The molecule has 1 atom stereocenters. The molecule has 1 aromatic heterocycles. The topological polar surface area (TPSA) is 67.1 Å². The van der Waals surface area contributed by atoms with Crippen molar-refractivity contribution in [3.8, 4) is 0 Å². The lowest BCUT2D eigenvalue weighted by Gasteiger charge is -2.18. The zero-order valence-corrected chi connectivity index (χ0v) is 15.5. The molecule has 22 heavy (non-hydrogen) atoms. The Balaban J connectivity index is 0.00000242. The first kappa shape index (κ1) is 18.4. The fraction of sp³-hybridized carbons (Fsp3) is 0.400. The van der Waals surface area contributed by atoms with Crippen LogP contribution < -0.4 is 10.6 Å². The van der Waals surface area contributed by atoms with Gasteiger partial charge in [0.2, 0.25) is 0 Å². The third kappa shape index (κ3) is 5.28. The van der Waals surface area contributed by atoms with E-state index in [1.165, 1.54) is 5.56 Å². The summed E-state index contributed by atoms with van der Waals surface area (Å²) in [7, 11) is 1.91. The monoisotopic (exact) mass is 414 g/mol. The lowest BCUT2D eigenvalue weighted by Crippen LogP contribution is -2.38. The Kier molecular flexibility index (Phi) is 7.86. The second-order valence-corrected chi connectivity index (χ2v) is 4.83. The smallest absolute Gasteiger partial charge is 0.192 e. The highest BCUT2D eigenvalue weighted by molar-refractivity contribution is 14.0. The molecule has 2 rings (SSSR count). The summed E-state index contributed by atoms with van der Waals surface area (Å²) >= 11 is 0. The Hall–Kier alpha value is -1.64. The van der Waals surface area contributed by atoms with Gasteiger partial charge < -0.3 is 15.2 Å². The molecule has 0 aliphatic carbocycles. The largest absolute Gasteiger partial charge is 0.357 e. The molecule has 0 fully saturated rings. The highest BCUT2D eigenvalue weighted by Gasteiger charge is 2.07. The van der Waals surface area contributed by atoms with Crippen molar-refractivity contribution in [3.05, 3.63) is 48.0 Å². The molecule has 1 unspecified atom stereocenters. The summed E-state index contributed by atoms with van der Waals surface area (Å²) in [5.74, 6) is 1.61. The van der Waals surface area contributed by atoms with Crippen LogP contribution in [0.25, 0.3) is 0 Å². The van der Waals surface area contributed by atoms with E-state index in [9.17, 15) is 0 Å². The van der Waals surface area contributed by atoms with Crippen LogP contribution in [0.5, 0.6) is 0 Å².